The smallest absolute Gasteiger partial charge is 0.354 e. The predicted molar refractivity (Wildman–Crippen MR) is 89.3 cm³/mol. The topological polar surface area (TPSA) is 114 Å². The fourth-order valence-corrected chi connectivity index (χ4v) is 4.49. The molecule has 1 unspecified atom stereocenters. The monoisotopic (exact) mass is 358 g/mol. The second-order valence-electron chi connectivity index (χ2n) is 4.80. The van der Waals surface area contributed by atoms with Crippen molar-refractivity contribution < 1.29 is 19.1 Å². The Labute approximate surface area is 142 Å². The van der Waals surface area contributed by atoms with Gasteiger partial charge >= 0.3 is 12.0 Å². The predicted octanol–water partition coefficient (Wildman–Crippen LogP) is -0.211. The van der Waals surface area contributed by atoms with E-state index < -0.39 is 18.0 Å². The first-order valence-corrected chi connectivity index (χ1v) is 8.74. The number of nitrogens with one attached hydrogen (secondary N) is 2. The lowest BCUT2D eigenvalue weighted by Gasteiger charge is -2.49. The molecule has 0 aromatic carbocycles. The van der Waals surface area contributed by atoms with Crippen molar-refractivity contribution in [1.82, 2.24) is 15.5 Å². The minimum absolute atomic E-state index is 0.250. The van der Waals surface area contributed by atoms with Crippen LogP contribution in [0.2, 0.25) is 0 Å². The van der Waals surface area contributed by atoms with Crippen molar-refractivity contribution in [3.05, 3.63) is 22.9 Å². The first kappa shape index (κ1) is 17.5. The molecule has 0 aromatic heterocycles. The Morgan fingerprint density at radius 3 is 2.83 bits per heavy atom. The lowest BCUT2D eigenvalue weighted by atomic mass is 10.0. The lowest BCUT2D eigenvalue weighted by Crippen LogP contribution is -2.71. The summed E-state index contributed by atoms with van der Waals surface area (Å²) in [7, 11) is 3.03. The van der Waals surface area contributed by atoms with Crippen molar-refractivity contribution in [2.75, 3.05) is 25.7 Å². The molecule has 0 bridgehead atoms. The molecule has 1 saturated heterocycles. The number of hydrogen-bond acceptors (Lipinski definition) is 7. The molecule has 126 valence electrons. The molecule has 0 spiro atoms. The van der Waals surface area contributed by atoms with Crippen molar-refractivity contribution in [3.8, 4) is 0 Å². The third-order valence-electron chi connectivity index (χ3n) is 3.42. The average molecular weight is 358 g/mol. The molecule has 1 fully saturated rings. The molecule has 23 heavy (non-hydrogen) atoms. The molecule has 0 aliphatic carbocycles. The summed E-state index contributed by atoms with van der Waals surface area (Å²) in [5, 5.41) is 5.74. The Morgan fingerprint density at radius 1 is 1.57 bits per heavy atom. The Hall–Kier alpha value is -1.81. The SMILES string of the molecule is C=C(NC)SCC1=C(C(=O)OC)N2C(=O)[C@@H](NC(N)=O)C2SC1. The zero-order chi connectivity index (χ0) is 17.1. The van der Waals surface area contributed by atoms with Gasteiger partial charge in [0.25, 0.3) is 5.91 Å². The van der Waals surface area contributed by atoms with Crippen LogP contribution < -0.4 is 16.4 Å². The zero-order valence-corrected chi connectivity index (χ0v) is 14.4. The highest BCUT2D eigenvalue weighted by atomic mass is 32.2. The van der Waals surface area contributed by atoms with E-state index in [-0.39, 0.29) is 17.0 Å². The molecule has 2 aliphatic heterocycles. The standard InChI is InChI=1S/C13H18N4O4S2/c1-6(15-2)22-4-7-5-23-11-8(16-13(14)20)10(18)17(11)9(7)12(19)21-3/h8,11,15H,1,4-5H2,2-3H3,(H3,14,16,20)/t8-,11?/m1/s1. The van der Waals surface area contributed by atoms with Crippen LogP contribution in [0.5, 0.6) is 0 Å². The number of rotatable bonds is 6. The van der Waals surface area contributed by atoms with Crippen LogP contribution in [0.25, 0.3) is 0 Å². The van der Waals surface area contributed by atoms with E-state index in [0.29, 0.717) is 11.5 Å². The van der Waals surface area contributed by atoms with Gasteiger partial charge in [-0.1, -0.05) is 6.58 Å². The summed E-state index contributed by atoms with van der Waals surface area (Å²) in [5.74, 6) is 0.143. The minimum atomic E-state index is -0.765. The normalized spacial score (nSPS) is 22.9. The molecule has 0 saturated carbocycles. The molecule has 2 heterocycles. The number of nitrogens with zero attached hydrogens (tertiary/aromatic N) is 1. The Morgan fingerprint density at radius 2 is 2.26 bits per heavy atom. The number of carbonyl (C=O) groups is 3. The number of primary amides is 1. The number of esters is 1. The van der Waals surface area contributed by atoms with Gasteiger partial charge in [0.1, 0.15) is 17.1 Å². The van der Waals surface area contributed by atoms with Gasteiger partial charge in [-0.05, 0) is 5.57 Å². The van der Waals surface area contributed by atoms with E-state index in [2.05, 4.69) is 17.2 Å². The second kappa shape index (κ2) is 7.18. The van der Waals surface area contributed by atoms with Gasteiger partial charge in [0, 0.05) is 18.6 Å². The number of β-lactam (4-membered cyclic amide) rings is 1. The third-order valence-corrected chi connectivity index (χ3v) is 5.81. The zero-order valence-electron chi connectivity index (χ0n) is 12.8. The van der Waals surface area contributed by atoms with E-state index in [0.717, 1.165) is 10.6 Å². The van der Waals surface area contributed by atoms with Gasteiger partial charge in [-0.2, -0.15) is 0 Å². The van der Waals surface area contributed by atoms with Gasteiger partial charge in [0.05, 0.1) is 12.1 Å². The highest BCUT2D eigenvalue weighted by molar-refractivity contribution is 8.03. The Bertz CT molecular complexity index is 593. The maximum Gasteiger partial charge on any atom is 0.354 e. The van der Waals surface area contributed by atoms with Gasteiger partial charge < -0.3 is 21.1 Å². The molecule has 0 aromatic rings. The Balaban J connectivity index is 2.22. The molecular formula is C13H18N4O4S2. The Kier molecular flexibility index (Phi) is 5.47. The molecule has 4 N–H and O–H groups in total. The molecule has 10 heteroatoms. The summed E-state index contributed by atoms with van der Waals surface area (Å²) < 4.78 is 4.81. The largest absolute Gasteiger partial charge is 0.464 e. The fraction of sp³-hybridized carbons (Fsp3) is 0.462. The van der Waals surface area contributed by atoms with Gasteiger partial charge in [-0.25, -0.2) is 9.59 Å². The van der Waals surface area contributed by atoms with Crippen molar-refractivity contribution in [2.24, 2.45) is 5.73 Å². The summed E-state index contributed by atoms with van der Waals surface area (Å²) >= 11 is 2.91. The van der Waals surface area contributed by atoms with Gasteiger partial charge in [0.15, 0.2) is 0 Å². The average Bonchev–Trinajstić information content (AvgIpc) is 2.55. The van der Waals surface area contributed by atoms with Crippen LogP contribution in [0.15, 0.2) is 22.9 Å². The van der Waals surface area contributed by atoms with E-state index in [1.54, 1.807) is 7.05 Å². The number of carbonyl (C=O) groups excluding carboxylic acids is 3. The molecule has 3 amide bonds. The number of nitrogens with two attached hydrogens (primary N) is 1. The van der Waals surface area contributed by atoms with Crippen LogP contribution in [0.4, 0.5) is 4.79 Å². The van der Waals surface area contributed by atoms with Crippen LogP contribution >= 0.6 is 23.5 Å². The van der Waals surface area contributed by atoms with E-state index >= 15 is 0 Å². The molecule has 0 radical (unpaired) electrons. The number of amides is 3. The molecule has 2 rings (SSSR count). The summed E-state index contributed by atoms with van der Waals surface area (Å²) in [6.45, 7) is 3.82. The molecule has 8 nitrogen and oxygen atoms in total. The third kappa shape index (κ3) is 3.42. The van der Waals surface area contributed by atoms with Crippen LogP contribution in [-0.2, 0) is 14.3 Å². The number of ether oxygens (including phenoxy) is 1. The summed E-state index contributed by atoms with van der Waals surface area (Å²) in [6.07, 6.45) is 0. The fourth-order valence-electron chi connectivity index (χ4n) is 2.28. The van der Waals surface area contributed by atoms with E-state index in [1.807, 2.05) is 0 Å². The number of hydrogen-bond donors (Lipinski definition) is 3. The number of urea groups is 1. The minimum Gasteiger partial charge on any atom is -0.464 e. The first-order chi connectivity index (χ1) is 10.9. The number of thioether (sulfide) groups is 2. The van der Waals surface area contributed by atoms with Crippen molar-refractivity contribution in [1.29, 1.82) is 0 Å². The van der Waals surface area contributed by atoms with Crippen LogP contribution in [0, 0.1) is 0 Å². The van der Waals surface area contributed by atoms with Crippen molar-refractivity contribution in [2.45, 2.75) is 11.4 Å². The van der Waals surface area contributed by atoms with Gasteiger partial charge in [0.2, 0.25) is 0 Å². The highest BCUT2D eigenvalue weighted by Crippen LogP contribution is 2.41. The van der Waals surface area contributed by atoms with E-state index in [9.17, 15) is 14.4 Å². The van der Waals surface area contributed by atoms with E-state index in [4.69, 9.17) is 10.5 Å². The first-order valence-electron chi connectivity index (χ1n) is 6.71. The maximum atomic E-state index is 12.3. The lowest BCUT2D eigenvalue weighted by molar-refractivity contribution is -0.150. The van der Waals surface area contributed by atoms with Crippen LogP contribution in [0.1, 0.15) is 0 Å². The van der Waals surface area contributed by atoms with Crippen molar-refractivity contribution in [3.63, 3.8) is 0 Å². The second-order valence-corrected chi connectivity index (χ2v) is 6.98. The van der Waals surface area contributed by atoms with Crippen LogP contribution in [0.3, 0.4) is 0 Å². The number of fused-ring (bicyclic) bond motifs is 1. The molecule has 2 aliphatic rings. The number of methoxy groups -OCH3 is 1. The summed E-state index contributed by atoms with van der Waals surface area (Å²) in [4.78, 5) is 36.7. The van der Waals surface area contributed by atoms with Gasteiger partial charge in [-0.3, -0.25) is 9.69 Å². The van der Waals surface area contributed by atoms with Gasteiger partial charge in [-0.15, -0.1) is 23.5 Å². The van der Waals surface area contributed by atoms with Crippen LogP contribution in [-0.4, -0.2) is 59.9 Å². The quantitative estimate of drug-likeness (QED) is 0.445. The maximum absolute atomic E-state index is 12.3. The summed E-state index contributed by atoms with van der Waals surface area (Å²) in [6, 6.07) is -1.47. The highest BCUT2D eigenvalue weighted by Gasteiger charge is 2.54. The van der Waals surface area contributed by atoms with E-state index in [1.165, 1.54) is 35.5 Å². The molecule has 2 atom stereocenters. The van der Waals surface area contributed by atoms with Crippen molar-refractivity contribution >= 4 is 41.4 Å². The molecular weight excluding hydrogens is 340 g/mol. The summed E-state index contributed by atoms with van der Waals surface area (Å²) in [5.41, 5.74) is 6.12.